The zero-order valence-corrected chi connectivity index (χ0v) is 25.7. The summed E-state index contributed by atoms with van der Waals surface area (Å²) >= 11 is 0. The van der Waals surface area contributed by atoms with E-state index in [1.54, 1.807) is 48.5 Å². The van der Waals surface area contributed by atoms with Crippen molar-refractivity contribution in [2.75, 3.05) is 0 Å². The molecule has 0 N–H and O–H groups in total. The lowest BCUT2D eigenvalue weighted by Crippen LogP contribution is -1.92. The van der Waals surface area contributed by atoms with Gasteiger partial charge in [-0.2, -0.15) is 0 Å². The number of furan rings is 1. The highest BCUT2D eigenvalue weighted by Gasteiger charge is 2.26. The SMILES string of the molecule is [2H]c1c([2H])c([2H])c(-c2cccc3c(-c4c5c([2H])c([2H])c([2H])c([2H])c5c(-c5ccccc5)c5c([2H])c([2H])c([2H])c([2H])c45)c(-c4cccc5c4ccc4ccccc45)oc23)c([2H])c1[2H]. The molecule has 0 aliphatic heterocycles. The molecular weight excluding hydrogens is 593 g/mol. The van der Waals surface area contributed by atoms with Crippen molar-refractivity contribution >= 4 is 54.1 Å². The molecule has 0 saturated carbocycles. The van der Waals surface area contributed by atoms with E-state index in [1.807, 2.05) is 54.6 Å². The van der Waals surface area contributed by atoms with E-state index in [0.717, 1.165) is 21.5 Å². The van der Waals surface area contributed by atoms with E-state index in [0.29, 0.717) is 16.5 Å². The molecule has 9 aromatic carbocycles. The molecule has 0 radical (unpaired) electrons. The van der Waals surface area contributed by atoms with E-state index < -0.39 is 78.6 Å². The summed E-state index contributed by atoms with van der Waals surface area (Å²) in [4.78, 5) is 0. The second-order valence-corrected chi connectivity index (χ2v) is 11.8. The van der Waals surface area contributed by atoms with Crippen LogP contribution >= 0.6 is 0 Å². The van der Waals surface area contributed by atoms with Crippen molar-refractivity contribution in [1.82, 2.24) is 0 Å². The first-order chi connectivity index (χ1) is 29.7. The van der Waals surface area contributed by atoms with E-state index in [9.17, 15) is 5.48 Å². The van der Waals surface area contributed by atoms with E-state index in [2.05, 4.69) is 0 Å². The highest BCUT2D eigenvalue weighted by atomic mass is 16.3. The molecule has 0 spiro atoms. The summed E-state index contributed by atoms with van der Waals surface area (Å²) in [5, 5.41) is 3.83. The average Bonchev–Trinajstić information content (AvgIpc) is 3.68. The lowest BCUT2D eigenvalue weighted by Gasteiger charge is -2.18. The van der Waals surface area contributed by atoms with Gasteiger partial charge in [0.25, 0.3) is 0 Å². The Labute approximate surface area is 302 Å². The Morgan fingerprint density at radius 1 is 0.347 bits per heavy atom. The van der Waals surface area contributed by atoms with Gasteiger partial charge >= 0.3 is 0 Å². The zero-order chi connectivity index (χ0) is 43.6. The highest BCUT2D eigenvalue weighted by Crippen LogP contribution is 2.51. The zero-order valence-electron chi connectivity index (χ0n) is 38.7. The Balaban J connectivity index is 1.51. The number of hydrogen-bond donors (Lipinski definition) is 0. The minimum absolute atomic E-state index is 0.0183. The normalized spacial score (nSPS) is 15.4. The number of para-hydroxylation sites is 1. The maximum atomic E-state index is 9.61. The number of benzene rings is 9. The van der Waals surface area contributed by atoms with Gasteiger partial charge < -0.3 is 4.42 Å². The van der Waals surface area contributed by atoms with Gasteiger partial charge in [0, 0.05) is 27.6 Å². The fourth-order valence-electron chi connectivity index (χ4n) is 7.15. The van der Waals surface area contributed by atoms with Crippen molar-refractivity contribution in [3.8, 4) is 44.7 Å². The van der Waals surface area contributed by atoms with Crippen LogP contribution in [0.5, 0.6) is 0 Å². The fourth-order valence-corrected chi connectivity index (χ4v) is 7.15. The molecule has 1 nitrogen and oxygen atoms in total. The smallest absolute Gasteiger partial charge is 0.143 e. The third-order valence-corrected chi connectivity index (χ3v) is 9.20. The number of rotatable bonds is 4. The van der Waals surface area contributed by atoms with Crippen molar-refractivity contribution in [3.05, 3.63) is 182 Å². The Kier molecular flexibility index (Phi) is 3.99. The van der Waals surface area contributed by atoms with Crippen molar-refractivity contribution in [2.45, 2.75) is 0 Å². The van der Waals surface area contributed by atoms with Gasteiger partial charge in [0.05, 0.1) is 17.8 Å². The molecule has 0 amide bonds. The molecule has 0 atom stereocenters. The van der Waals surface area contributed by atoms with E-state index in [1.165, 1.54) is 0 Å². The molecule has 0 saturated heterocycles. The summed E-state index contributed by atoms with van der Waals surface area (Å²) in [6.45, 7) is 0. The van der Waals surface area contributed by atoms with Crippen LogP contribution < -0.4 is 0 Å². The molecule has 0 unspecified atom stereocenters. The summed E-state index contributed by atoms with van der Waals surface area (Å²) in [6.07, 6.45) is 0. The van der Waals surface area contributed by atoms with Crippen molar-refractivity contribution < 1.29 is 22.2 Å². The topological polar surface area (TPSA) is 13.1 Å². The molecule has 228 valence electrons. The maximum absolute atomic E-state index is 9.61. The van der Waals surface area contributed by atoms with E-state index in [4.69, 9.17) is 16.8 Å². The molecule has 1 heterocycles. The molecule has 0 aliphatic rings. The fraction of sp³-hybridized carbons (Fsp3) is 0. The second kappa shape index (κ2) is 11.1. The van der Waals surface area contributed by atoms with Crippen LogP contribution in [0, 0.1) is 0 Å². The van der Waals surface area contributed by atoms with Gasteiger partial charge in [0.15, 0.2) is 0 Å². The highest BCUT2D eigenvalue weighted by molar-refractivity contribution is 6.26. The van der Waals surface area contributed by atoms with Gasteiger partial charge in [-0.3, -0.25) is 0 Å². The van der Waals surface area contributed by atoms with Gasteiger partial charge in [-0.25, -0.2) is 0 Å². The summed E-state index contributed by atoms with van der Waals surface area (Å²) in [6, 6.07) is 24.5. The minimum atomic E-state index is -0.570. The van der Waals surface area contributed by atoms with Crippen molar-refractivity contribution in [2.24, 2.45) is 0 Å². The molecular formula is C48H30O. The molecule has 49 heavy (non-hydrogen) atoms. The second-order valence-electron chi connectivity index (χ2n) is 11.8. The Hall–Kier alpha value is -6.44. The maximum Gasteiger partial charge on any atom is 0.143 e. The first-order valence-electron chi connectivity index (χ1n) is 22.3. The van der Waals surface area contributed by atoms with Gasteiger partial charge in [0.1, 0.15) is 11.3 Å². The molecule has 1 heteroatoms. The molecule has 0 aliphatic carbocycles. The summed E-state index contributed by atoms with van der Waals surface area (Å²) in [5.74, 6) is 0.163. The van der Waals surface area contributed by atoms with Crippen LogP contribution in [0.25, 0.3) is 98.8 Å². The Morgan fingerprint density at radius 3 is 1.67 bits per heavy atom. The Morgan fingerprint density at radius 2 is 0.939 bits per heavy atom. The van der Waals surface area contributed by atoms with Gasteiger partial charge in [-0.05, 0) is 59.8 Å². The monoisotopic (exact) mass is 635 g/mol. The van der Waals surface area contributed by atoms with Crippen LogP contribution in [0.4, 0.5) is 0 Å². The summed E-state index contributed by atoms with van der Waals surface area (Å²) in [7, 11) is 0. The van der Waals surface area contributed by atoms with Crippen molar-refractivity contribution in [3.63, 3.8) is 0 Å². The first-order valence-corrected chi connectivity index (χ1v) is 15.8. The predicted octanol–water partition coefficient (Wildman–Crippen LogP) is 13.7. The van der Waals surface area contributed by atoms with E-state index >= 15 is 0 Å². The predicted molar refractivity (Wildman–Crippen MR) is 208 cm³/mol. The first kappa shape index (κ1) is 17.6. The van der Waals surface area contributed by atoms with E-state index in [-0.39, 0.29) is 60.7 Å². The van der Waals surface area contributed by atoms with Crippen LogP contribution in [0.2, 0.25) is 0 Å². The Bertz CT molecular complexity index is 3510. The van der Waals surface area contributed by atoms with Crippen LogP contribution in [-0.2, 0) is 0 Å². The third-order valence-electron chi connectivity index (χ3n) is 9.20. The molecule has 10 aromatic rings. The third kappa shape index (κ3) is 4.26. The molecule has 10 rings (SSSR count). The van der Waals surface area contributed by atoms with Crippen LogP contribution in [0.15, 0.2) is 186 Å². The minimum Gasteiger partial charge on any atom is -0.455 e. The summed E-state index contributed by atoms with van der Waals surface area (Å²) < 4.78 is 124. The van der Waals surface area contributed by atoms with Crippen LogP contribution in [-0.4, -0.2) is 0 Å². The lowest BCUT2D eigenvalue weighted by molar-refractivity contribution is 0.634. The van der Waals surface area contributed by atoms with Crippen molar-refractivity contribution in [1.29, 1.82) is 0 Å². The van der Waals surface area contributed by atoms with Gasteiger partial charge in [0.2, 0.25) is 0 Å². The average molecular weight is 636 g/mol. The molecule has 0 bridgehead atoms. The standard InChI is InChI=1S/C48H30O/c1-3-15-31(16-4-1)35-25-13-28-43-46(48(49-47(35)43)42-27-14-26-36-34-20-8-7-17-32(34)29-30-37(36)42)45-40-23-11-9-21-38(40)44(33-18-5-2-6-19-33)39-22-10-12-24-41(39)45/h1-30H/i1D,3D,4D,9D,10D,11D,12D,15D,16D,21D,22D,23D,24D. The van der Waals surface area contributed by atoms with Gasteiger partial charge in [-0.1, -0.05) is 182 Å². The quantitative estimate of drug-likeness (QED) is 0.139. The lowest BCUT2D eigenvalue weighted by atomic mass is 9.84. The van der Waals surface area contributed by atoms with Gasteiger partial charge in [-0.15, -0.1) is 0 Å². The number of hydrogen-bond acceptors (Lipinski definition) is 1. The largest absolute Gasteiger partial charge is 0.455 e. The summed E-state index contributed by atoms with van der Waals surface area (Å²) in [5.41, 5.74) is 1.57. The number of fused-ring (bicyclic) bond motifs is 6. The van der Waals surface area contributed by atoms with Crippen LogP contribution in [0.1, 0.15) is 17.8 Å². The molecule has 1 aromatic heterocycles. The van der Waals surface area contributed by atoms with Crippen LogP contribution in [0.3, 0.4) is 0 Å². The molecule has 0 fully saturated rings.